The smallest absolute Gasteiger partial charge is 0.329 e. The van der Waals surface area contributed by atoms with Crippen LogP contribution >= 0.6 is 11.6 Å². The molecule has 5 aliphatic rings. The zero-order valence-corrected chi connectivity index (χ0v) is 21.1. The Bertz CT molecular complexity index is 952. The van der Waals surface area contributed by atoms with Crippen molar-refractivity contribution in [2.75, 3.05) is 13.2 Å². The third-order valence-electron chi connectivity index (χ3n) is 8.14. The molecule has 0 N–H and O–H groups in total. The molecule has 6 rings (SSSR count). The van der Waals surface area contributed by atoms with Crippen molar-refractivity contribution >= 4 is 23.5 Å². The van der Waals surface area contributed by atoms with E-state index in [1.165, 1.54) is 55.6 Å². The van der Waals surface area contributed by atoms with Gasteiger partial charge in [-0.25, -0.2) is 9.18 Å². The monoisotopic (exact) mass is 491 g/mol. The van der Waals surface area contributed by atoms with Crippen molar-refractivity contribution < 1.29 is 23.5 Å². The van der Waals surface area contributed by atoms with Gasteiger partial charge in [0.2, 0.25) is 0 Å². The summed E-state index contributed by atoms with van der Waals surface area (Å²) in [6, 6.07) is 1.87. The molecule has 4 bridgehead atoms. The Balaban J connectivity index is 1.28. The zero-order valence-electron chi connectivity index (χ0n) is 20.4. The summed E-state index contributed by atoms with van der Waals surface area (Å²) in [5.74, 6) is 1.03. The number of hydrogen-bond donors (Lipinski definition) is 0. The minimum Gasteiger partial charge on any atom is -0.491 e. The third-order valence-corrected chi connectivity index (χ3v) is 8.44. The van der Waals surface area contributed by atoms with Gasteiger partial charge in [0.1, 0.15) is 23.2 Å². The van der Waals surface area contributed by atoms with Crippen LogP contribution in [-0.2, 0) is 9.53 Å². The molecule has 4 aliphatic carbocycles. The van der Waals surface area contributed by atoms with Crippen LogP contribution in [0.3, 0.4) is 0 Å². The fraction of sp³-hybridized carbons (Fsp3) is 0.704. The molecular weight excluding hydrogens is 457 g/mol. The normalized spacial score (nSPS) is 32.2. The first-order valence-electron chi connectivity index (χ1n) is 12.7. The lowest BCUT2D eigenvalue weighted by atomic mass is 9.50. The standard InChI is InChI=1S/C27H35ClFNO4/c1-26(2,3)34-25(32)22-5-4-6-30(22)24(31)19-10-20(28)23(11-21(19)29)33-15-27-12-16-7-17(13-27)9-18(8-16)14-27/h10-11,16-18,22H,4-9,12-15H2,1-3H3/t16?,17?,18?,22-,27?/m0/s1. The molecule has 5 fully saturated rings. The number of esters is 1. The van der Waals surface area contributed by atoms with Gasteiger partial charge < -0.3 is 14.4 Å². The van der Waals surface area contributed by atoms with Crippen LogP contribution in [0.15, 0.2) is 12.1 Å². The van der Waals surface area contributed by atoms with E-state index in [9.17, 15) is 9.59 Å². The Hall–Kier alpha value is -1.82. The van der Waals surface area contributed by atoms with E-state index in [0.717, 1.165) is 17.8 Å². The predicted molar refractivity (Wildman–Crippen MR) is 127 cm³/mol. The topological polar surface area (TPSA) is 55.8 Å². The number of rotatable bonds is 5. The Morgan fingerprint density at radius 2 is 1.74 bits per heavy atom. The van der Waals surface area contributed by atoms with Crippen LogP contribution in [0.2, 0.25) is 5.02 Å². The number of hydrogen-bond acceptors (Lipinski definition) is 4. The zero-order chi connectivity index (χ0) is 24.3. The Kier molecular flexibility index (Phi) is 6.11. The number of ether oxygens (including phenoxy) is 2. The lowest BCUT2D eigenvalue weighted by Crippen LogP contribution is -2.48. The van der Waals surface area contributed by atoms with Crippen molar-refractivity contribution in [2.45, 2.75) is 83.8 Å². The van der Waals surface area contributed by atoms with E-state index in [2.05, 4.69) is 0 Å². The number of halogens is 2. The van der Waals surface area contributed by atoms with Crippen molar-refractivity contribution in [3.05, 3.63) is 28.5 Å². The second-order valence-electron chi connectivity index (χ2n) is 12.2. The molecule has 0 aromatic heterocycles. The highest BCUT2D eigenvalue weighted by Crippen LogP contribution is 2.60. The molecule has 5 nitrogen and oxygen atoms in total. The third kappa shape index (κ3) is 4.67. The predicted octanol–water partition coefficient (Wildman–Crippen LogP) is 6.02. The largest absolute Gasteiger partial charge is 0.491 e. The minimum atomic E-state index is -0.711. The van der Waals surface area contributed by atoms with Crippen LogP contribution in [0.5, 0.6) is 5.75 Å². The maximum atomic E-state index is 15.1. The van der Waals surface area contributed by atoms with Crippen LogP contribution in [0.4, 0.5) is 4.39 Å². The summed E-state index contributed by atoms with van der Waals surface area (Å²) >= 11 is 6.47. The molecule has 1 atom stereocenters. The van der Waals surface area contributed by atoms with Crippen molar-refractivity contribution in [2.24, 2.45) is 23.2 Å². The van der Waals surface area contributed by atoms with Crippen LogP contribution in [-0.4, -0.2) is 41.6 Å². The Labute approximate surface area is 206 Å². The van der Waals surface area contributed by atoms with Gasteiger partial charge >= 0.3 is 5.97 Å². The maximum Gasteiger partial charge on any atom is 0.329 e. The molecule has 186 valence electrons. The molecule has 1 saturated heterocycles. The van der Waals surface area contributed by atoms with Crippen LogP contribution < -0.4 is 4.74 Å². The molecule has 1 aliphatic heterocycles. The summed E-state index contributed by atoms with van der Waals surface area (Å²) in [5, 5.41) is 0.225. The fourth-order valence-corrected chi connectivity index (χ4v) is 7.50. The molecule has 34 heavy (non-hydrogen) atoms. The summed E-state index contributed by atoms with van der Waals surface area (Å²) in [5.41, 5.74) is -0.611. The van der Waals surface area contributed by atoms with Gasteiger partial charge in [-0.1, -0.05) is 11.6 Å². The highest BCUT2D eigenvalue weighted by molar-refractivity contribution is 6.32. The van der Waals surface area contributed by atoms with E-state index in [1.54, 1.807) is 20.8 Å². The van der Waals surface area contributed by atoms with E-state index in [4.69, 9.17) is 21.1 Å². The first-order chi connectivity index (χ1) is 16.0. The Morgan fingerprint density at radius 1 is 1.12 bits per heavy atom. The molecule has 1 aromatic carbocycles. The molecule has 0 unspecified atom stereocenters. The van der Waals surface area contributed by atoms with Crippen molar-refractivity contribution in [1.29, 1.82) is 0 Å². The van der Waals surface area contributed by atoms with Crippen LogP contribution in [0.25, 0.3) is 0 Å². The number of likely N-dealkylation sites (tertiary alicyclic amines) is 1. The summed E-state index contributed by atoms with van der Waals surface area (Å²) in [7, 11) is 0. The number of carbonyl (C=O) groups is 2. The molecule has 0 radical (unpaired) electrons. The lowest BCUT2D eigenvalue weighted by Gasteiger charge is -2.56. The van der Waals surface area contributed by atoms with Crippen LogP contribution in [0, 0.1) is 29.0 Å². The Morgan fingerprint density at radius 3 is 2.32 bits per heavy atom. The van der Waals surface area contributed by atoms with Crippen molar-refractivity contribution in [3.8, 4) is 5.75 Å². The summed E-state index contributed by atoms with van der Waals surface area (Å²) in [4.78, 5) is 27.2. The molecule has 1 heterocycles. The second-order valence-corrected chi connectivity index (χ2v) is 12.6. The van der Waals surface area contributed by atoms with Crippen molar-refractivity contribution in [3.63, 3.8) is 0 Å². The van der Waals surface area contributed by atoms with E-state index < -0.39 is 29.3 Å². The average molecular weight is 492 g/mol. The summed E-state index contributed by atoms with van der Waals surface area (Å²) in [6.45, 7) is 6.29. The number of benzene rings is 1. The molecule has 7 heteroatoms. The van der Waals surface area contributed by atoms with Gasteiger partial charge in [-0.2, -0.15) is 0 Å². The van der Waals surface area contributed by atoms with Gasteiger partial charge in [-0.05, 0) is 96.0 Å². The number of amides is 1. The lowest BCUT2D eigenvalue weighted by molar-refractivity contribution is -0.159. The van der Waals surface area contributed by atoms with Gasteiger partial charge in [0.05, 0.1) is 17.2 Å². The van der Waals surface area contributed by atoms with E-state index in [0.29, 0.717) is 26.0 Å². The molecular formula is C27H35ClFNO4. The highest BCUT2D eigenvalue weighted by atomic mass is 35.5. The van der Waals surface area contributed by atoms with Gasteiger partial charge in [-0.3, -0.25) is 4.79 Å². The molecule has 1 aromatic rings. The first-order valence-corrected chi connectivity index (χ1v) is 13.1. The average Bonchev–Trinajstić information content (AvgIpc) is 3.21. The first kappa shape index (κ1) is 23.9. The maximum absolute atomic E-state index is 15.1. The van der Waals surface area contributed by atoms with Crippen LogP contribution in [0.1, 0.15) is 82.5 Å². The molecule has 4 saturated carbocycles. The summed E-state index contributed by atoms with van der Waals surface area (Å²) in [6.07, 6.45) is 8.80. The number of nitrogens with zero attached hydrogens (tertiary/aromatic N) is 1. The quantitative estimate of drug-likeness (QED) is 0.472. The summed E-state index contributed by atoms with van der Waals surface area (Å²) < 4.78 is 26.7. The van der Waals surface area contributed by atoms with E-state index in [1.807, 2.05) is 0 Å². The van der Waals surface area contributed by atoms with Gasteiger partial charge in [-0.15, -0.1) is 0 Å². The van der Waals surface area contributed by atoms with Crippen molar-refractivity contribution in [1.82, 2.24) is 4.90 Å². The fourth-order valence-electron chi connectivity index (χ4n) is 7.28. The SMILES string of the molecule is CC(C)(C)OC(=O)[C@@H]1CCCN1C(=O)c1cc(Cl)c(OCC23CC4CC(CC(C4)C2)C3)cc1F. The van der Waals surface area contributed by atoms with Gasteiger partial charge in [0.25, 0.3) is 5.91 Å². The van der Waals surface area contributed by atoms with E-state index in [-0.39, 0.29) is 21.8 Å². The van der Waals surface area contributed by atoms with Gasteiger partial charge in [0, 0.05) is 18.0 Å². The van der Waals surface area contributed by atoms with Gasteiger partial charge in [0.15, 0.2) is 0 Å². The molecule has 1 amide bonds. The highest BCUT2D eigenvalue weighted by Gasteiger charge is 2.51. The number of carbonyl (C=O) groups excluding carboxylic acids is 2. The minimum absolute atomic E-state index is 0.136. The molecule has 0 spiro atoms. The second kappa shape index (κ2) is 8.69. The van der Waals surface area contributed by atoms with E-state index >= 15 is 4.39 Å².